The van der Waals surface area contributed by atoms with Gasteiger partial charge in [-0.1, -0.05) is 0 Å². The van der Waals surface area contributed by atoms with Gasteiger partial charge in [-0.2, -0.15) is 8.42 Å². The Morgan fingerprint density at radius 3 is 0.929 bits per heavy atom. The molecule has 0 bridgehead atoms. The second-order valence-electron chi connectivity index (χ2n) is 1.05. The predicted molar refractivity (Wildman–Crippen MR) is 64.4 cm³/mol. The SMILES string of the molecule is O=S(=O)(O)O.O[Si](O)(O)O.[AlH3].[BaH2].[MgH2].[SrH2]. The zero-order valence-corrected chi connectivity index (χ0v) is 6.22. The molecule has 0 radical (unpaired) electrons. The summed E-state index contributed by atoms with van der Waals surface area (Å²) in [5.41, 5.74) is 0. The molecule has 0 fully saturated rings. The summed E-state index contributed by atoms with van der Waals surface area (Å²) in [6, 6.07) is 0. The Balaban J connectivity index is -0.0000000178. The summed E-state index contributed by atoms with van der Waals surface area (Å²) in [6.07, 6.45) is 0. The van der Waals surface area contributed by atoms with E-state index >= 15 is 0 Å². The molecule has 0 heterocycles. The molecule has 0 amide bonds. The Hall–Kier alpha value is 4.28. The summed E-state index contributed by atoms with van der Waals surface area (Å²) >= 11 is 0. The van der Waals surface area contributed by atoms with E-state index in [2.05, 4.69) is 0 Å². The first-order valence-electron chi connectivity index (χ1n) is 1.59. The Morgan fingerprint density at radius 1 is 0.929 bits per heavy atom. The van der Waals surface area contributed by atoms with Crippen molar-refractivity contribution >= 4 is 154 Å². The Morgan fingerprint density at radius 2 is 0.929 bits per heavy atom. The van der Waals surface area contributed by atoms with Gasteiger partial charge in [0.1, 0.15) is 0 Å². The summed E-state index contributed by atoms with van der Waals surface area (Å²) in [6.45, 7) is 0. The minimum absolute atomic E-state index is 0. The molecule has 0 aromatic heterocycles. The van der Waals surface area contributed by atoms with Gasteiger partial charge in [0.05, 0.1) is 0 Å². The zero-order chi connectivity index (χ0) is 9.00. The minimum atomic E-state index is -4.67. The van der Waals surface area contributed by atoms with Gasteiger partial charge in [0, 0.05) is 0 Å². The molecule has 0 atom stereocenters. The average Bonchev–Trinajstić information content (AvgIpc) is 1.12. The van der Waals surface area contributed by atoms with E-state index in [0.717, 1.165) is 0 Å². The molecule has 14 heavy (non-hydrogen) atoms. The molecule has 82 valence electrons. The normalized spacial score (nSPS) is 8.43. The van der Waals surface area contributed by atoms with E-state index in [1.165, 1.54) is 0 Å². The van der Waals surface area contributed by atoms with Crippen LogP contribution in [0.5, 0.6) is 0 Å². The van der Waals surface area contributed by atoms with Crippen molar-refractivity contribution in [2.45, 2.75) is 0 Å². The molecule has 6 N–H and O–H groups in total. The third-order valence-electron chi connectivity index (χ3n) is 0. The van der Waals surface area contributed by atoms with Crippen LogP contribution in [-0.2, 0) is 10.4 Å². The third-order valence-corrected chi connectivity index (χ3v) is 0. The van der Waals surface area contributed by atoms with Crippen LogP contribution in [0, 0.1) is 0 Å². The van der Waals surface area contributed by atoms with Crippen LogP contribution in [0.1, 0.15) is 0 Å². The molecule has 14 heteroatoms. The van der Waals surface area contributed by atoms with Crippen LogP contribution in [-0.4, -0.2) is 181 Å². The van der Waals surface area contributed by atoms with Gasteiger partial charge in [0.25, 0.3) is 0 Å². The van der Waals surface area contributed by atoms with Gasteiger partial charge >= 0.3 is 137 Å². The fourth-order valence-electron chi connectivity index (χ4n) is 0. The van der Waals surface area contributed by atoms with E-state index in [9.17, 15) is 0 Å². The van der Waals surface area contributed by atoms with E-state index in [4.69, 9.17) is 36.7 Å². The van der Waals surface area contributed by atoms with Crippen molar-refractivity contribution in [1.82, 2.24) is 0 Å². The third kappa shape index (κ3) is 208. The van der Waals surface area contributed by atoms with Crippen molar-refractivity contribution in [1.29, 1.82) is 0 Å². The molecule has 0 rings (SSSR count). The van der Waals surface area contributed by atoms with Crippen LogP contribution >= 0.6 is 0 Å². The van der Waals surface area contributed by atoms with E-state index in [1.807, 2.05) is 0 Å². The zero-order valence-electron chi connectivity index (χ0n) is 4.41. The van der Waals surface area contributed by atoms with Gasteiger partial charge in [0.15, 0.2) is 17.4 Å². The molecular formula is H15AlBaMgO8SSiSr. The summed E-state index contributed by atoms with van der Waals surface area (Å²) in [4.78, 5) is 29.3. The first kappa shape index (κ1) is 36.2. The first-order valence-corrected chi connectivity index (χ1v) is 4.78. The molecule has 0 aliphatic rings. The van der Waals surface area contributed by atoms with Crippen molar-refractivity contribution in [3.05, 3.63) is 0 Å². The molecule has 8 nitrogen and oxygen atoms in total. The summed E-state index contributed by atoms with van der Waals surface area (Å²) in [5.74, 6) is 0. The molecule has 0 aromatic carbocycles. The molecule has 0 saturated carbocycles. The van der Waals surface area contributed by atoms with Gasteiger partial charge in [-0.3, -0.25) is 9.11 Å². The standard InChI is InChI=1S/Al.Ba.Mg.H2O4S.H4O4Si.Sr.9H/c;;;2*1-5(2,3)4;;;;;;;;;;/h;;;(H2,1,2,3,4);1-4H;;;;;;;;;;. The molecule has 0 spiro atoms. The van der Waals surface area contributed by atoms with Crippen molar-refractivity contribution < 1.29 is 36.7 Å². The average molecular weight is 480 g/mol. The van der Waals surface area contributed by atoms with Crippen LogP contribution in [0.2, 0.25) is 0 Å². The molecule has 0 saturated heterocycles. The Labute approximate surface area is 186 Å². The molecule has 0 aliphatic carbocycles. The van der Waals surface area contributed by atoms with E-state index in [-0.39, 0.29) is 135 Å². The van der Waals surface area contributed by atoms with Crippen molar-refractivity contribution in [2.75, 3.05) is 0 Å². The number of hydrogen-bond donors (Lipinski definition) is 6. The molecular weight excluding hydrogens is 464 g/mol. The first-order chi connectivity index (χ1) is 4.00. The van der Waals surface area contributed by atoms with Crippen LogP contribution in [0.25, 0.3) is 0 Å². The summed E-state index contributed by atoms with van der Waals surface area (Å²) in [5, 5.41) is 0. The maximum absolute atomic E-state index is 8.74. The second-order valence-corrected chi connectivity index (χ2v) is 3.14. The van der Waals surface area contributed by atoms with Gasteiger partial charge in [0.2, 0.25) is 0 Å². The van der Waals surface area contributed by atoms with Crippen LogP contribution < -0.4 is 0 Å². The number of rotatable bonds is 0. The Bertz CT molecular complexity index is 164. The van der Waals surface area contributed by atoms with E-state index in [0.29, 0.717) is 0 Å². The van der Waals surface area contributed by atoms with Crippen LogP contribution in [0.15, 0.2) is 0 Å². The summed E-state index contributed by atoms with van der Waals surface area (Å²) < 4.78 is 31.6. The van der Waals surface area contributed by atoms with Crippen molar-refractivity contribution in [2.24, 2.45) is 0 Å². The quantitative estimate of drug-likeness (QED) is 0.148. The second kappa shape index (κ2) is 17.3. The fraction of sp³-hybridized carbons (Fsp3) is 0. The van der Waals surface area contributed by atoms with Crippen LogP contribution in [0.3, 0.4) is 0 Å². The molecule has 0 aliphatic heterocycles. The van der Waals surface area contributed by atoms with Crippen molar-refractivity contribution in [3.63, 3.8) is 0 Å². The van der Waals surface area contributed by atoms with E-state index < -0.39 is 19.4 Å². The van der Waals surface area contributed by atoms with Gasteiger partial charge < -0.3 is 19.2 Å². The van der Waals surface area contributed by atoms with Gasteiger partial charge in [-0.15, -0.1) is 0 Å². The maximum atomic E-state index is 8.74. The van der Waals surface area contributed by atoms with E-state index in [1.54, 1.807) is 0 Å². The summed E-state index contributed by atoms with van der Waals surface area (Å²) in [7, 11) is -9.28. The molecule has 0 unspecified atom stereocenters. The van der Waals surface area contributed by atoms with Crippen LogP contribution in [0.4, 0.5) is 0 Å². The van der Waals surface area contributed by atoms with Crippen molar-refractivity contribution in [3.8, 4) is 0 Å². The van der Waals surface area contributed by atoms with Gasteiger partial charge in [-0.25, -0.2) is 0 Å². The molecule has 0 aromatic rings. The Kier molecular flexibility index (Phi) is 44.7. The topological polar surface area (TPSA) is 156 Å². The number of hydrogen-bond acceptors (Lipinski definition) is 6. The fourth-order valence-corrected chi connectivity index (χ4v) is 0. The monoisotopic (exact) mass is 480 g/mol. The van der Waals surface area contributed by atoms with Gasteiger partial charge in [-0.05, 0) is 0 Å². The predicted octanol–water partition coefficient (Wildman–Crippen LogP) is -7.19.